The Balaban J connectivity index is 1.45. The van der Waals surface area contributed by atoms with Crippen LogP contribution in [0.5, 0.6) is 11.5 Å². The summed E-state index contributed by atoms with van der Waals surface area (Å²) in [7, 11) is 1.48. The second-order valence-electron chi connectivity index (χ2n) is 7.65. The minimum absolute atomic E-state index is 0.0340. The fourth-order valence-corrected chi connectivity index (χ4v) is 4.49. The van der Waals surface area contributed by atoms with Gasteiger partial charge in [0.2, 0.25) is 5.91 Å². The summed E-state index contributed by atoms with van der Waals surface area (Å²) in [5.74, 6) is -0.233. The number of carbonyl (C=O) groups excluding carboxylic acids is 3. The molecule has 2 fully saturated rings. The highest BCUT2D eigenvalue weighted by Gasteiger charge is 2.37. The summed E-state index contributed by atoms with van der Waals surface area (Å²) >= 11 is 0.802. The zero-order valence-corrected chi connectivity index (χ0v) is 18.9. The normalized spacial score (nSPS) is 17.2. The van der Waals surface area contributed by atoms with Crippen molar-refractivity contribution in [1.29, 1.82) is 0 Å². The Kier molecular flexibility index (Phi) is 6.98. The van der Waals surface area contributed by atoms with Crippen LogP contribution in [0, 0.1) is 5.82 Å². The molecule has 0 bridgehead atoms. The maximum Gasteiger partial charge on any atom is 0.294 e. The molecule has 9 heteroatoms. The molecular formula is C24H23FN2O5S. The number of imide groups is 1. The molecule has 0 saturated carbocycles. The molecule has 3 amide bonds. The molecular weight excluding hydrogens is 447 g/mol. The molecule has 7 nitrogen and oxygen atoms in total. The average Bonchev–Trinajstić information content (AvgIpc) is 3.44. The molecule has 0 unspecified atom stereocenters. The lowest BCUT2D eigenvalue weighted by molar-refractivity contribution is -0.135. The smallest absolute Gasteiger partial charge is 0.294 e. The van der Waals surface area contributed by atoms with Crippen molar-refractivity contribution < 1.29 is 28.2 Å². The number of ether oxygens (including phenoxy) is 2. The minimum atomic E-state index is -0.489. The predicted octanol–water partition coefficient (Wildman–Crippen LogP) is 4.07. The van der Waals surface area contributed by atoms with Crippen molar-refractivity contribution in [3.8, 4) is 11.5 Å². The second-order valence-corrected chi connectivity index (χ2v) is 8.64. The number of nitrogens with zero attached hydrogens (tertiary/aromatic N) is 2. The van der Waals surface area contributed by atoms with Gasteiger partial charge in [0.25, 0.3) is 11.1 Å². The van der Waals surface area contributed by atoms with Crippen LogP contribution in [-0.4, -0.2) is 53.6 Å². The van der Waals surface area contributed by atoms with Crippen LogP contribution in [0.25, 0.3) is 6.08 Å². The van der Waals surface area contributed by atoms with Gasteiger partial charge in [0.05, 0.1) is 12.0 Å². The standard InChI is InChI=1S/C24H23FN2O5S/c1-31-20-12-16(8-9-19(20)32-15-17-6-2-3-7-18(17)25)13-21-23(29)27(24(30)33-21)14-22(28)26-10-4-5-11-26/h2-3,6-9,12-13H,4-5,10-11,14-15H2,1H3/b21-13+. The van der Waals surface area contributed by atoms with Gasteiger partial charge in [-0.25, -0.2) is 4.39 Å². The summed E-state index contributed by atoms with van der Waals surface area (Å²) in [5.41, 5.74) is 1.04. The van der Waals surface area contributed by atoms with Crippen LogP contribution < -0.4 is 9.47 Å². The Hall–Kier alpha value is -3.33. The molecule has 0 radical (unpaired) electrons. The van der Waals surface area contributed by atoms with E-state index in [0.29, 0.717) is 35.7 Å². The molecule has 0 aromatic heterocycles. The van der Waals surface area contributed by atoms with Crippen molar-refractivity contribution in [2.45, 2.75) is 19.4 Å². The SMILES string of the molecule is COc1cc(/C=C2/SC(=O)N(CC(=O)N3CCCC3)C2=O)ccc1OCc1ccccc1F. The van der Waals surface area contributed by atoms with E-state index >= 15 is 0 Å². The van der Waals surface area contributed by atoms with E-state index < -0.39 is 11.1 Å². The maximum atomic E-state index is 13.8. The van der Waals surface area contributed by atoms with E-state index in [2.05, 4.69) is 0 Å². The monoisotopic (exact) mass is 470 g/mol. The van der Waals surface area contributed by atoms with E-state index in [1.165, 1.54) is 13.2 Å². The highest BCUT2D eigenvalue weighted by atomic mass is 32.2. The summed E-state index contributed by atoms with van der Waals surface area (Å²) in [6, 6.07) is 11.4. The second kappa shape index (κ2) is 10.1. The molecule has 33 heavy (non-hydrogen) atoms. The first-order valence-electron chi connectivity index (χ1n) is 10.5. The number of carbonyl (C=O) groups is 3. The van der Waals surface area contributed by atoms with Gasteiger partial charge in [-0.15, -0.1) is 0 Å². The third-order valence-electron chi connectivity index (χ3n) is 5.45. The topological polar surface area (TPSA) is 76.2 Å². The average molecular weight is 471 g/mol. The fraction of sp³-hybridized carbons (Fsp3) is 0.292. The number of likely N-dealkylation sites (tertiary alicyclic amines) is 1. The summed E-state index contributed by atoms with van der Waals surface area (Å²) in [5, 5.41) is -0.462. The lowest BCUT2D eigenvalue weighted by Gasteiger charge is -2.18. The molecule has 0 aliphatic carbocycles. The van der Waals surface area contributed by atoms with Crippen LogP contribution in [0.3, 0.4) is 0 Å². The Morgan fingerprint density at radius 2 is 1.88 bits per heavy atom. The van der Waals surface area contributed by atoms with Crippen LogP contribution in [0.15, 0.2) is 47.4 Å². The van der Waals surface area contributed by atoms with Crippen LogP contribution in [-0.2, 0) is 16.2 Å². The van der Waals surface area contributed by atoms with Crippen LogP contribution in [0.1, 0.15) is 24.0 Å². The fourth-order valence-electron chi connectivity index (χ4n) is 3.65. The van der Waals surface area contributed by atoms with Gasteiger partial charge < -0.3 is 14.4 Å². The van der Waals surface area contributed by atoms with Gasteiger partial charge >= 0.3 is 0 Å². The van der Waals surface area contributed by atoms with Gasteiger partial charge in [0, 0.05) is 18.7 Å². The molecule has 172 valence electrons. The first-order valence-corrected chi connectivity index (χ1v) is 11.4. The predicted molar refractivity (Wildman–Crippen MR) is 122 cm³/mol. The van der Waals surface area contributed by atoms with Crippen LogP contribution in [0.2, 0.25) is 0 Å². The Morgan fingerprint density at radius 1 is 1.12 bits per heavy atom. The number of halogens is 1. The van der Waals surface area contributed by atoms with Crippen molar-refractivity contribution in [3.63, 3.8) is 0 Å². The summed E-state index contributed by atoms with van der Waals surface area (Å²) in [6.07, 6.45) is 3.46. The van der Waals surface area contributed by atoms with Gasteiger partial charge in [-0.1, -0.05) is 24.3 Å². The number of rotatable bonds is 7. The molecule has 0 N–H and O–H groups in total. The molecule has 4 rings (SSSR count). The first kappa shape index (κ1) is 22.8. The van der Waals surface area contributed by atoms with Crippen molar-refractivity contribution in [3.05, 3.63) is 64.3 Å². The lowest BCUT2D eigenvalue weighted by atomic mass is 10.1. The van der Waals surface area contributed by atoms with Gasteiger partial charge in [-0.05, 0) is 54.4 Å². The minimum Gasteiger partial charge on any atom is -0.493 e. The van der Waals surface area contributed by atoms with E-state index in [-0.39, 0.29) is 29.8 Å². The number of benzene rings is 2. The van der Waals surface area contributed by atoms with Gasteiger partial charge in [-0.3, -0.25) is 19.3 Å². The molecule has 0 spiro atoms. The van der Waals surface area contributed by atoms with Gasteiger partial charge in [0.15, 0.2) is 11.5 Å². The van der Waals surface area contributed by atoms with E-state index in [1.807, 2.05) is 0 Å². The van der Waals surface area contributed by atoms with Gasteiger partial charge in [-0.2, -0.15) is 0 Å². The summed E-state index contributed by atoms with van der Waals surface area (Å²) < 4.78 is 24.9. The summed E-state index contributed by atoms with van der Waals surface area (Å²) in [4.78, 5) is 40.3. The first-order chi connectivity index (χ1) is 16.0. The van der Waals surface area contributed by atoms with Crippen molar-refractivity contribution >= 4 is 34.9 Å². The quantitative estimate of drug-likeness (QED) is 0.568. The number of hydrogen-bond acceptors (Lipinski definition) is 6. The highest BCUT2D eigenvalue weighted by molar-refractivity contribution is 8.18. The van der Waals surface area contributed by atoms with Crippen molar-refractivity contribution in [1.82, 2.24) is 9.80 Å². The van der Waals surface area contributed by atoms with Crippen LogP contribution in [0.4, 0.5) is 9.18 Å². The molecule has 2 aliphatic heterocycles. The Morgan fingerprint density at radius 3 is 2.61 bits per heavy atom. The molecule has 2 heterocycles. The van der Waals surface area contributed by atoms with E-state index in [4.69, 9.17) is 9.47 Å². The number of thioether (sulfide) groups is 1. The Bertz CT molecular complexity index is 1110. The third-order valence-corrected chi connectivity index (χ3v) is 6.36. The van der Waals surface area contributed by atoms with E-state index in [9.17, 15) is 18.8 Å². The maximum absolute atomic E-state index is 13.8. The molecule has 2 aromatic carbocycles. The molecule has 2 aromatic rings. The zero-order chi connectivity index (χ0) is 23.4. The summed E-state index contributed by atoms with van der Waals surface area (Å²) in [6.45, 7) is 1.12. The number of hydrogen-bond donors (Lipinski definition) is 0. The van der Waals surface area contributed by atoms with Crippen LogP contribution >= 0.6 is 11.8 Å². The molecule has 2 aliphatic rings. The number of amides is 3. The third kappa shape index (κ3) is 5.19. The molecule has 2 saturated heterocycles. The Labute approximate surface area is 195 Å². The van der Waals surface area contributed by atoms with Crippen molar-refractivity contribution in [2.24, 2.45) is 0 Å². The van der Waals surface area contributed by atoms with Crippen molar-refractivity contribution in [2.75, 3.05) is 26.7 Å². The van der Waals surface area contributed by atoms with E-state index in [1.54, 1.807) is 47.4 Å². The van der Waals surface area contributed by atoms with E-state index in [0.717, 1.165) is 29.5 Å². The molecule has 0 atom stereocenters. The number of methoxy groups -OCH3 is 1. The largest absolute Gasteiger partial charge is 0.493 e. The zero-order valence-electron chi connectivity index (χ0n) is 18.1. The highest BCUT2D eigenvalue weighted by Crippen LogP contribution is 2.35. The van der Waals surface area contributed by atoms with Gasteiger partial charge in [0.1, 0.15) is 19.0 Å². The lowest BCUT2D eigenvalue weighted by Crippen LogP contribution is -2.40.